The van der Waals surface area contributed by atoms with Crippen LogP contribution < -0.4 is 14.2 Å². The second kappa shape index (κ2) is 7.12. The molecule has 0 aliphatic rings. The third-order valence-corrected chi connectivity index (χ3v) is 3.70. The van der Waals surface area contributed by atoms with Crippen LogP contribution in [0.25, 0.3) is 22.4 Å². The number of aromatic nitrogens is 2. The van der Waals surface area contributed by atoms with Crippen molar-refractivity contribution in [1.82, 2.24) is 9.97 Å². The topological polar surface area (TPSA) is 82.7 Å². The molecule has 0 amide bonds. The van der Waals surface area contributed by atoms with Crippen molar-refractivity contribution in [2.45, 2.75) is 0 Å². The van der Waals surface area contributed by atoms with E-state index in [9.17, 15) is 4.79 Å². The van der Waals surface area contributed by atoms with Crippen LogP contribution in [0.2, 0.25) is 0 Å². The number of hydrogen-bond donors (Lipinski definition) is 1. The van der Waals surface area contributed by atoms with Gasteiger partial charge in [-0.15, -0.1) is 0 Å². The summed E-state index contributed by atoms with van der Waals surface area (Å²) < 4.78 is 20.5. The lowest BCUT2D eigenvalue weighted by Gasteiger charge is -2.10. The Labute approximate surface area is 144 Å². The molecule has 0 spiro atoms. The second-order valence-corrected chi connectivity index (χ2v) is 5.20. The highest BCUT2D eigenvalue weighted by atomic mass is 16.6. The minimum Gasteiger partial charge on any atom is -0.497 e. The zero-order chi connectivity index (χ0) is 17.8. The van der Waals surface area contributed by atoms with E-state index in [-0.39, 0.29) is 6.61 Å². The van der Waals surface area contributed by atoms with Crippen LogP contribution in [0, 0.1) is 0 Å². The molecule has 2 aromatic carbocycles. The third-order valence-electron chi connectivity index (χ3n) is 3.70. The number of H-pyrrole nitrogens is 1. The molecule has 1 N–H and O–H groups in total. The number of carbonyl (C=O) groups is 1. The van der Waals surface area contributed by atoms with Gasteiger partial charge in [0, 0.05) is 11.6 Å². The average Bonchev–Trinajstić information content (AvgIpc) is 3.08. The fraction of sp³-hybridized carbons (Fsp3) is 0.222. The van der Waals surface area contributed by atoms with Gasteiger partial charge < -0.3 is 23.9 Å². The van der Waals surface area contributed by atoms with Gasteiger partial charge in [0.05, 0.1) is 32.4 Å². The number of esters is 1. The zero-order valence-electron chi connectivity index (χ0n) is 14.2. The molecule has 0 radical (unpaired) electrons. The smallest absolute Gasteiger partial charge is 0.343 e. The van der Waals surface area contributed by atoms with Crippen LogP contribution in [0.3, 0.4) is 0 Å². The van der Waals surface area contributed by atoms with E-state index < -0.39 is 5.97 Å². The van der Waals surface area contributed by atoms with Crippen molar-refractivity contribution in [3.05, 3.63) is 36.4 Å². The van der Waals surface area contributed by atoms with Gasteiger partial charge in [-0.25, -0.2) is 9.78 Å². The number of ether oxygens (including phenoxy) is 4. The van der Waals surface area contributed by atoms with E-state index in [1.54, 1.807) is 19.2 Å². The highest BCUT2D eigenvalue weighted by Crippen LogP contribution is 2.32. The molecule has 7 heteroatoms. The van der Waals surface area contributed by atoms with E-state index in [0.717, 1.165) is 22.3 Å². The first-order chi connectivity index (χ1) is 12.1. The molecule has 0 aliphatic carbocycles. The monoisotopic (exact) mass is 342 g/mol. The van der Waals surface area contributed by atoms with Crippen molar-refractivity contribution < 1.29 is 23.7 Å². The number of rotatable bonds is 6. The molecule has 25 heavy (non-hydrogen) atoms. The van der Waals surface area contributed by atoms with Crippen LogP contribution in [0.5, 0.6) is 17.2 Å². The van der Waals surface area contributed by atoms with Gasteiger partial charge in [-0.1, -0.05) is 0 Å². The maximum atomic E-state index is 11.2. The average molecular weight is 342 g/mol. The Morgan fingerprint density at radius 2 is 1.88 bits per heavy atom. The van der Waals surface area contributed by atoms with E-state index in [1.807, 2.05) is 24.3 Å². The van der Waals surface area contributed by atoms with Crippen molar-refractivity contribution in [3.8, 4) is 28.6 Å². The van der Waals surface area contributed by atoms with Crippen LogP contribution in [0.15, 0.2) is 36.4 Å². The van der Waals surface area contributed by atoms with Crippen LogP contribution >= 0.6 is 0 Å². The quantitative estimate of drug-likeness (QED) is 0.694. The molecule has 1 heterocycles. The van der Waals surface area contributed by atoms with Crippen LogP contribution in [-0.4, -0.2) is 43.9 Å². The predicted molar refractivity (Wildman–Crippen MR) is 92.1 cm³/mol. The van der Waals surface area contributed by atoms with Gasteiger partial charge in [-0.2, -0.15) is 0 Å². The molecule has 0 unspecified atom stereocenters. The summed E-state index contributed by atoms with van der Waals surface area (Å²) in [7, 11) is 4.46. The Balaban J connectivity index is 1.90. The largest absolute Gasteiger partial charge is 0.497 e. The Hall–Kier alpha value is -3.22. The molecule has 0 atom stereocenters. The molecular formula is C18H18N2O5. The summed E-state index contributed by atoms with van der Waals surface area (Å²) in [6.45, 7) is -0.184. The first-order valence-corrected chi connectivity index (χ1v) is 7.56. The molecular weight excluding hydrogens is 324 g/mol. The maximum Gasteiger partial charge on any atom is 0.343 e. The number of hydrogen-bond acceptors (Lipinski definition) is 6. The van der Waals surface area contributed by atoms with Gasteiger partial charge in [-0.05, 0) is 30.3 Å². The molecule has 7 nitrogen and oxygen atoms in total. The fourth-order valence-corrected chi connectivity index (χ4v) is 2.38. The Kier molecular flexibility index (Phi) is 4.74. The van der Waals surface area contributed by atoms with Crippen LogP contribution in [0.1, 0.15) is 0 Å². The summed E-state index contributed by atoms with van der Waals surface area (Å²) in [5.74, 6) is 1.94. The van der Waals surface area contributed by atoms with E-state index in [1.165, 1.54) is 14.2 Å². The van der Waals surface area contributed by atoms with Gasteiger partial charge in [0.2, 0.25) is 0 Å². The van der Waals surface area contributed by atoms with Crippen molar-refractivity contribution >= 4 is 17.0 Å². The summed E-state index contributed by atoms with van der Waals surface area (Å²) in [4.78, 5) is 19.0. The molecule has 3 rings (SSSR count). The summed E-state index contributed by atoms with van der Waals surface area (Å²) in [6.07, 6.45) is 0. The Morgan fingerprint density at radius 1 is 1.04 bits per heavy atom. The van der Waals surface area contributed by atoms with Crippen LogP contribution in [0.4, 0.5) is 0 Å². The third kappa shape index (κ3) is 3.50. The standard InChI is InChI=1S/C18H18N2O5/c1-22-12-5-6-13-14(9-12)20-18(19-13)11-4-7-15(16(8-11)23-2)25-10-17(21)24-3/h4-9H,10H2,1-3H3,(H,19,20). The molecule has 0 saturated carbocycles. The van der Waals surface area contributed by atoms with E-state index in [0.29, 0.717) is 17.3 Å². The lowest BCUT2D eigenvalue weighted by molar-refractivity contribution is -0.142. The molecule has 0 saturated heterocycles. The summed E-state index contributed by atoms with van der Waals surface area (Å²) in [6, 6.07) is 11.0. The van der Waals surface area contributed by atoms with Crippen molar-refractivity contribution in [2.75, 3.05) is 27.9 Å². The highest BCUT2D eigenvalue weighted by molar-refractivity contribution is 5.81. The van der Waals surface area contributed by atoms with Crippen molar-refractivity contribution in [3.63, 3.8) is 0 Å². The number of carbonyl (C=O) groups excluding carboxylic acids is 1. The van der Waals surface area contributed by atoms with Gasteiger partial charge in [-0.3, -0.25) is 0 Å². The van der Waals surface area contributed by atoms with Crippen molar-refractivity contribution in [2.24, 2.45) is 0 Å². The molecule has 0 fully saturated rings. The minimum absolute atomic E-state index is 0.184. The number of nitrogens with one attached hydrogen (secondary N) is 1. The number of fused-ring (bicyclic) bond motifs is 1. The molecule has 0 aliphatic heterocycles. The van der Waals surface area contributed by atoms with E-state index in [4.69, 9.17) is 14.2 Å². The molecule has 3 aromatic rings. The number of imidazole rings is 1. The molecule has 1 aromatic heterocycles. The lowest BCUT2D eigenvalue weighted by atomic mass is 10.2. The van der Waals surface area contributed by atoms with Gasteiger partial charge in [0.1, 0.15) is 11.6 Å². The lowest BCUT2D eigenvalue weighted by Crippen LogP contribution is -2.12. The highest BCUT2D eigenvalue weighted by Gasteiger charge is 2.12. The predicted octanol–water partition coefficient (Wildman–Crippen LogP) is 2.80. The van der Waals surface area contributed by atoms with Gasteiger partial charge in [0.25, 0.3) is 0 Å². The van der Waals surface area contributed by atoms with Crippen LogP contribution in [-0.2, 0) is 9.53 Å². The number of methoxy groups -OCH3 is 3. The number of aromatic amines is 1. The fourth-order valence-electron chi connectivity index (χ4n) is 2.38. The number of nitrogens with zero attached hydrogens (tertiary/aromatic N) is 1. The first kappa shape index (κ1) is 16.6. The summed E-state index contributed by atoms with van der Waals surface area (Å²) in [5.41, 5.74) is 2.54. The Bertz CT molecular complexity index is 904. The summed E-state index contributed by atoms with van der Waals surface area (Å²) in [5, 5.41) is 0. The Morgan fingerprint density at radius 3 is 2.60 bits per heavy atom. The van der Waals surface area contributed by atoms with E-state index in [2.05, 4.69) is 14.7 Å². The maximum absolute atomic E-state index is 11.2. The van der Waals surface area contributed by atoms with Gasteiger partial charge >= 0.3 is 5.97 Å². The first-order valence-electron chi connectivity index (χ1n) is 7.56. The second-order valence-electron chi connectivity index (χ2n) is 5.20. The minimum atomic E-state index is -0.461. The van der Waals surface area contributed by atoms with Crippen molar-refractivity contribution in [1.29, 1.82) is 0 Å². The van der Waals surface area contributed by atoms with Gasteiger partial charge in [0.15, 0.2) is 18.1 Å². The zero-order valence-corrected chi connectivity index (χ0v) is 14.2. The number of benzene rings is 2. The molecule has 0 bridgehead atoms. The summed E-state index contributed by atoms with van der Waals surface area (Å²) >= 11 is 0. The van der Waals surface area contributed by atoms with E-state index >= 15 is 0 Å². The SMILES string of the molecule is COC(=O)COc1ccc(-c2nc3ccc(OC)cc3[nH]2)cc1OC. The molecule has 130 valence electrons. The normalized spacial score (nSPS) is 10.5.